The van der Waals surface area contributed by atoms with Crippen molar-refractivity contribution >= 4 is 41.8 Å². The summed E-state index contributed by atoms with van der Waals surface area (Å²) in [4.78, 5) is 10.6. The van der Waals surface area contributed by atoms with E-state index in [4.69, 9.17) is 28.3 Å². The van der Waals surface area contributed by atoms with E-state index in [0.29, 0.717) is 15.6 Å². The largest absolute Gasteiger partial charge is 0.480 e. The zero-order valence-corrected chi connectivity index (χ0v) is 8.77. The van der Waals surface area contributed by atoms with Gasteiger partial charge in [-0.3, -0.25) is 4.79 Å². The predicted octanol–water partition coefficient (Wildman–Crippen LogP) is 3.05. The van der Waals surface area contributed by atoms with Crippen LogP contribution in [0.3, 0.4) is 0 Å². The second-order valence-electron chi connectivity index (χ2n) is 2.41. The van der Waals surface area contributed by atoms with Gasteiger partial charge in [-0.05, 0) is 23.8 Å². The van der Waals surface area contributed by atoms with Crippen molar-refractivity contribution in [3.63, 3.8) is 0 Å². The summed E-state index contributed by atoms with van der Waals surface area (Å²) in [5.74, 6) is -1.05. The van der Waals surface area contributed by atoms with E-state index in [1.807, 2.05) is 0 Å². The third-order valence-corrected chi connectivity index (χ3v) is 2.56. The van der Waals surface area contributed by atoms with Gasteiger partial charge in [0.05, 0.1) is 0 Å². The van der Waals surface area contributed by atoms with Crippen molar-refractivity contribution in [1.82, 2.24) is 0 Å². The Bertz CT molecular complexity index is 341. The fourth-order valence-corrected chi connectivity index (χ4v) is 1.55. The molecule has 70 valence electrons. The Morgan fingerprint density at radius 1 is 1.46 bits per heavy atom. The van der Waals surface area contributed by atoms with Crippen LogP contribution in [-0.2, 0) is 4.79 Å². The SMILES string of the molecule is O=C(O)[C@H](S)c1cc(Cl)ccc1Cl. The highest BCUT2D eigenvalue weighted by Crippen LogP contribution is 2.29. The van der Waals surface area contributed by atoms with E-state index in [1.165, 1.54) is 6.07 Å². The number of hydrogen-bond acceptors (Lipinski definition) is 2. The molecule has 1 aromatic rings. The molecule has 13 heavy (non-hydrogen) atoms. The molecule has 0 radical (unpaired) electrons. The summed E-state index contributed by atoms with van der Waals surface area (Å²) in [5, 5.41) is 8.53. The molecule has 0 aliphatic carbocycles. The van der Waals surface area contributed by atoms with Gasteiger partial charge < -0.3 is 5.11 Å². The van der Waals surface area contributed by atoms with Crippen LogP contribution < -0.4 is 0 Å². The number of rotatable bonds is 2. The van der Waals surface area contributed by atoms with Crippen LogP contribution in [-0.4, -0.2) is 11.1 Å². The standard InChI is InChI=1S/C8H6Cl2O2S/c9-4-1-2-6(10)5(3-4)7(13)8(11)12/h1-3,7,13H,(H,11,12)/t7-/m1/s1. The highest BCUT2D eigenvalue weighted by Gasteiger charge is 2.17. The lowest BCUT2D eigenvalue weighted by atomic mass is 10.1. The molecule has 0 saturated carbocycles. The van der Waals surface area contributed by atoms with Crippen LogP contribution in [0.4, 0.5) is 0 Å². The molecular weight excluding hydrogens is 231 g/mol. The zero-order chi connectivity index (χ0) is 10.0. The molecule has 0 saturated heterocycles. The average molecular weight is 237 g/mol. The van der Waals surface area contributed by atoms with Crippen molar-refractivity contribution in [2.75, 3.05) is 0 Å². The van der Waals surface area contributed by atoms with Crippen molar-refractivity contribution in [3.05, 3.63) is 33.8 Å². The van der Waals surface area contributed by atoms with E-state index < -0.39 is 11.2 Å². The van der Waals surface area contributed by atoms with E-state index in [2.05, 4.69) is 12.6 Å². The summed E-state index contributed by atoms with van der Waals surface area (Å²) in [6.45, 7) is 0. The van der Waals surface area contributed by atoms with Crippen molar-refractivity contribution in [3.8, 4) is 0 Å². The van der Waals surface area contributed by atoms with Crippen molar-refractivity contribution in [1.29, 1.82) is 0 Å². The van der Waals surface area contributed by atoms with Crippen LogP contribution in [0.5, 0.6) is 0 Å². The summed E-state index contributed by atoms with van der Waals surface area (Å²) in [5.41, 5.74) is 0.407. The van der Waals surface area contributed by atoms with Crippen LogP contribution in [0.1, 0.15) is 10.8 Å². The van der Waals surface area contributed by atoms with E-state index in [0.717, 1.165) is 0 Å². The number of hydrogen-bond donors (Lipinski definition) is 2. The van der Waals surface area contributed by atoms with Gasteiger partial charge in [0.15, 0.2) is 0 Å². The molecule has 0 aliphatic rings. The van der Waals surface area contributed by atoms with Gasteiger partial charge >= 0.3 is 5.97 Å². The third-order valence-electron chi connectivity index (χ3n) is 1.49. The molecule has 1 N–H and O–H groups in total. The highest BCUT2D eigenvalue weighted by atomic mass is 35.5. The first-order valence-corrected chi connectivity index (χ1v) is 4.65. The average Bonchev–Trinajstić information content (AvgIpc) is 2.08. The van der Waals surface area contributed by atoms with E-state index in [-0.39, 0.29) is 0 Å². The molecule has 0 aliphatic heterocycles. The summed E-state index contributed by atoms with van der Waals surface area (Å²) in [6, 6.07) is 4.64. The Balaban J connectivity index is 3.12. The second-order valence-corrected chi connectivity index (χ2v) is 3.77. The van der Waals surface area contributed by atoms with Crippen molar-refractivity contribution < 1.29 is 9.90 Å². The lowest BCUT2D eigenvalue weighted by molar-refractivity contribution is -0.136. The van der Waals surface area contributed by atoms with Gasteiger partial charge in [-0.15, -0.1) is 0 Å². The zero-order valence-electron chi connectivity index (χ0n) is 6.37. The first-order chi connectivity index (χ1) is 6.02. The molecule has 0 spiro atoms. The molecule has 0 fully saturated rings. The maximum Gasteiger partial charge on any atom is 0.320 e. The molecule has 1 atom stereocenters. The molecule has 2 nitrogen and oxygen atoms in total. The molecule has 0 heterocycles. The summed E-state index contributed by atoms with van der Waals surface area (Å²) in [7, 11) is 0. The molecule has 1 aromatic carbocycles. The number of carboxylic acid groups (broad SMARTS) is 1. The normalized spacial score (nSPS) is 12.5. The quantitative estimate of drug-likeness (QED) is 0.775. The monoisotopic (exact) mass is 236 g/mol. The lowest BCUT2D eigenvalue weighted by Gasteiger charge is -2.07. The first kappa shape index (κ1) is 10.7. The van der Waals surface area contributed by atoms with Crippen LogP contribution in [0.2, 0.25) is 10.0 Å². The second kappa shape index (κ2) is 4.22. The number of carboxylic acids is 1. The van der Waals surface area contributed by atoms with Gasteiger partial charge in [0.2, 0.25) is 0 Å². The maximum absolute atomic E-state index is 10.6. The van der Waals surface area contributed by atoms with Crippen LogP contribution in [0.25, 0.3) is 0 Å². The lowest BCUT2D eigenvalue weighted by Crippen LogP contribution is -2.05. The van der Waals surface area contributed by atoms with Crippen LogP contribution in [0, 0.1) is 0 Å². The highest BCUT2D eigenvalue weighted by molar-refractivity contribution is 7.81. The molecule has 1 rings (SSSR count). The number of thiol groups is 1. The Morgan fingerprint density at radius 2 is 2.08 bits per heavy atom. The molecule has 5 heteroatoms. The van der Waals surface area contributed by atoms with E-state index in [9.17, 15) is 4.79 Å². The number of halogens is 2. The predicted molar refractivity (Wildman–Crippen MR) is 55.8 cm³/mol. The van der Waals surface area contributed by atoms with Gasteiger partial charge in [-0.1, -0.05) is 23.2 Å². The molecule has 0 aromatic heterocycles. The van der Waals surface area contributed by atoms with E-state index >= 15 is 0 Å². The van der Waals surface area contributed by atoms with Gasteiger partial charge in [-0.2, -0.15) is 12.6 Å². The fourth-order valence-electron chi connectivity index (χ4n) is 0.857. The number of aliphatic carboxylic acids is 1. The van der Waals surface area contributed by atoms with Gasteiger partial charge in [0.25, 0.3) is 0 Å². The molecule has 0 amide bonds. The number of carbonyl (C=O) groups is 1. The van der Waals surface area contributed by atoms with Gasteiger partial charge in [-0.25, -0.2) is 0 Å². The third kappa shape index (κ3) is 2.53. The fraction of sp³-hybridized carbons (Fsp3) is 0.125. The Hall–Kier alpha value is -0.380. The number of benzene rings is 1. The first-order valence-electron chi connectivity index (χ1n) is 3.38. The van der Waals surface area contributed by atoms with Gasteiger partial charge in [0, 0.05) is 10.0 Å². The smallest absolute Gasteiger partial charge is 0.320 e. The Morgan fingerprint density at radius 3 is 2.62 bits per heavy atom. The summed E-state index contributed by atoms with van der Waals surface area (Å²) >= 11 is 15.3. The Kier molecular flexibility index (Phi) is 3.47. The Labute approximate surface area is 90.9 Å². The minimum absolute atomic E-state index is 0.354. The van der Waals surface area contributed by atoms with Crippen LogP contribution >= 0.6 is 35.8 Å². The topological polar surface area (TPSA) is 37.3 Å². The molecule has 0 unspecified atom stereocenters. The maximum atomic E-state index is 10.6. The summed E-state index contributed by atoms with van der Waals surface area (Å²) in [6.07, 6.45) is 0. The van der Waals surface area contributed by atoms with Crippen molar-refractivity contribution in [2.45, 2.75) is 5.25 Å². The minimum atomic E-state index is -1.05. The minimum Gasteiger partial charge on any atom is -0.480 e. The van der Waals surface area contributed by atoms with E-state index in [1.54, 1.807) is 12.1 Å². The van der Waals surface area contributed by atoms with Crippen LogP contribution in [0.15, 0.2) is 18.2 Å². The molecule has 0 bridgehead atoms. The molecular formula is C8H6Cl2O2S. The summed E-state index contributed by atoms with van der Waals surface area (Å²) < 4.78 is 0. The van der Waals surface area contributed by atoms with Gasteiger partial charge in [0.1, 0.15) is 5.25 Å². The van der Waals surface area contributed by atoms with Crippen molar-refractivity contribution in [2.24, 2.45) is 0 Å².